The molecule has 0 aliphatic rings. The van der Waals surface area contributed by atoms with Crippen LogP contribution in [0.15, 0.2) is 42.5 Å². The van der Waals surface area contributed by atoms with Crippen LogP contribution < -0.4 is 10.6 Å². The molecule has 8 heteroatoms. The third kappa shape index (κ3) is 5.48. The molecule has 0 saturated heterocycles. The smallest absolute Gasteiger partial charge is 0.338 e. The summed E-state index contributed by atoms with van der Waals surface area (Å²) in [5.41, 5.74) is 1.01. The highest BCUT2D eigenvalue weighted by atomic mass is 35.5. The van der Waals surface area contributed by atoms with Gasteiger partial charge in [-0.1, -0.05) is 23.2 Å². The molecule has 25 heavy (non-hydrogen) atoms. The molecule has 2 amide bonds. The molecular formula is C17H14Cl2N2O4. The van der Waals surface area contributed by atoms with Crippen LogP contribution in [0.1, 0.15) is 17.3 Å². The molecule has 130 valence electrons. The summed E-state index contributed by atoms with van der Waals surface area (Å²) in [6.45, 7) is 1.98. The number of halogens is 2. The minimum absolute atomic E-state index is 0.269. The highest BCUT2D eigenvalue weighted by Crippen LogP contribution is 2.22. The van der Waals surface area contributed by atoms with Crippen LogP contribution in [0.5, 0.6) is 0 Å². The number of rotatable bonds is 4. The van der Waals surface area contributed by atoms with Gasteiger partial charge in [0.25, 0.3) is 0 Å². The number of anilines is 2. The first-order valence-corrected chi connectivity index (χ1v) is 8.00. The molecule has 0 aliphatic heterocycles. The third-order valence-corrected chi connectivity index (χ3v) is 3.42. The fourth-order valence-electron chi connectivity index (χ4n) is 1.91. The molecule has 0 aliphatic carbocycles. The number of ether oxygens (including phenoxy) is 1. The molecule has 2 aromatic carbocycles. The van der Waals surface area contributed by atoms with Gasteiger partial charge in [-0.25, -0.2) is 4.79 Å². The molecule has 0 aromatic heterocycles. The Bertz CT molecular complexity index is 787. The van der Waals surface area contributed by atoms with Crippen LogP contribution in [0.2, 0.25) is 10.0 Å². The van der Waals surface area contributed by atoms with Crippen molar-refractivity contribution in [1.82, 2.24) is 0 Å². The molecule has 0 heterocycles. The van der Waals surface area contributed by atoms with E-state index in [4.69, 9.17) is 27.9 Å². The largest absolute Gasteiger partial charge is 0.462 e. The van der Waals surface area contributed by atoms with Crippen molar-refractivity contribution in [2.75, 3.05) is 17.2 Å². The summed E-state index contributed by atoms with van der Waals surface area (Å²) in [5.74, 6) is -2.22. The van der Waals surface area contributed by atoms with Gasteiger partial charge in [0.15, 0.2) is 0 Å². The van der Waals surface area contributed by atoms with Crippen LogP contribution >= 0.6 is 23.2 Å². The lowest BCUT2D eigenvalue weighted by Crippen LogP contribution is -2.29. The number of carbonyl (C=O) groups excluding carboxylic acids is 3. The lowest BCUT2D eigenvalue weighted by molar-refractivity contribution is -0.132. The minimum Gasteiger partial charge on any atom is -0.462 e. The second kappa shape index (κ2) is 8.50. The number of benzene rings is 2. The van der Waals surface area contributed by atoms with Crippen LogP contribution in [-0.2, 0) is 14.3 Å². The van der Waals surface area contributed by atoms with Gasteiger partial charge in [0.2, 0.25) is 0 Å². The van der Waals surface area contributed by atoms with Crippen LogP contribution in [0.4, 0.5) is 11.4 Å². The maximum Gasteiger partial charge on any atom is 0.338 e. The van der Waals surface area contributed by atoms with Crippen molar-refractivity contribution in [3.8, 4) is 0 Å². The Balaban J connectivity index is 1.98. The number of carbonyl (C=O) groups is 3. The van der Waals surface area contributed by atoms with E-state index < -0.39 is 17.8 Å². The molecule has 0 unspecified atom stereocenters. The van der Waals surface area contributed by atoms with E-state index in [1.807, 2.05) is 0 Å². The maximum atomic E-state index is 11.9. The monoisotopic (exact) mass is 380 g/mol. The third-order valence-electron chi connectivity index (χ3n) is 2.98. The van der Waals surface area contributed by atoms with Crippen molar-refractivity contribution in [1.29, 1.82) is 0 Å². The van der Waals surface area contributed by atoms with Gasteiger partial charge in [-0.2, -0.15) is 0 Å². The molecule has 0 bridgehead atoms. The van der Waals surface area contributed by atoms with Gasteiger partial charge in [0.1, 0.15) is 0 Å². The Morgan fingerprint density at radius 3 is 1.92 bits per heavy atom. The van der Waals surface area contributed by atoms with Crippen molar-refractivity contribution in [2.24, 2.45) is 0 Å². The van der Waals surface area contributed by atoms with E-state index in [0.717, 1.165) is 0 Å². The lowest BCUT2D eigenvalue weighted by Gasteiger charge is -2.08. The Morgan fingerprint density at radius 1 is 0.880 bits per heavy atom. The normalized spacial score (nSPS) is 10.0. The van der Waals surface area contributed by atoms with Crippen molar-refractivity contribution < 1.29 is 19.1 Å². The van der Waals surface area contributed by atoms with Gasteiger partial charge in [-0.3, -0.25) is 9.59 Å². The highest BCUT2D eigenvalue weighted by Gasteiger charge is 2.15. The molecule has 0 atom stereocenters. The second-order valence-corrected chi connectivity index (χ2v) is 5.74. The predicted octanol–water partition coefficient (Wildman–Crippen LogP) is 3.75. The fourth-order valence-corrected chi connectivity index (χ4v) is 2.43. The van der Waals surface area contributed by atoms with Crippen LogP contribution in [0, 0.1) is 0 Å². The number of esters is 1. The Labute approximate surface area is 154 Å². The number of hydrogen-bond acceptors (Lipinski definition) is 4. The van der Waals surface area contributed by atoms with Crippen LogP contribution in [-0.4, -0.2) is 24.4 Å². The van der Waals surface area contributed by atoms with Crippen LogP contribution in [0.3, 0.4) is 0 Å². The Hall–Kier alpha value is -2.57. The van der Waals surface area contributed by atoms with E-state index in [0.29, 0.717) is 27.0 Å². The van der Waals surface area contributed by atoms with E-state index in [9.17, 15) is 14.4 Å². The van der Waals surface area contributed by atoms with Crippen molar-refractivity contribution in [3.63, 3.8) is 0 Å². The zero-order valence-electron chi connectivity index (χ0n) is 13.1. The standard InChI is InChI=1S/C17H14Cl2N2O4/c1-2-25-17(24)10-3-5-13(6-4-10)20-15(22)16(23)21-14-8-11(18)7-12(19)9-14/h3-9H,2H2,1H3,(H,20,22)(H,21,23). The first kappa shape index (κ1) is 18.8. The average Bonchev–Trinajstić information content (AvgIpc) is 2.54. The van der Waals surface area contributed by atoms with Gasteiger partial charge >= 0.3 is 17.8 Å². The van der Waals surface area contributed by atoms with E-state index >= 15 is 0 Å². The molecule has 2 rings (SSSR count). The van der Waals surface area contributed by atoms with E-state index in [1.54, 1.807) is 6.92 Å². The summed E-state index contributed by atoms with van der Waals surface area (Å²) in [4.78, 5) is 35.4. The molecule has 2 aromatic rings. The maximum absolute atomic E-state index is 11.9. The number of amides is 2. The summed E-state index contributed by atoms with van der Waals surface area (Å²) >= 11 is 11.7. The number of hydrogen-bond donors (Lipinski definition) is 2. The first-order chi connectivity index (χ1) is 11.9. The molecule has 0 saturated carbocycles. The van der Waals surface area contributed by atoms with E-state index in [-0.39, 0.29) is 6.61 Å². The van der Waals surface area contributed by atoms with E-state index in [2.05, 4.69) is 10.6 Å². The summed E-state index contributed by atoms with van der Waals surface area (Å²) < 4.78 is 4.86. The van der Waals surface area contributed by atoms with Gasteiger partial charge in [0.05, 0.1) is 12.2 Å². The predicted molar refractivity (Wildman–Crippen MR) is 96.1 cm³/mol. The average molecular weight is 381 g/mol. The topological polar surface area (TPSA) is 84.5 Å². The summed E-state index contributed by atoms with van der Waals surface area (Å²) in [5, 5.41) is 5.48. The minimum atomic E-state index is -0.882. The van der Waals surface area contributed by atoms with Crippen molar-refractivity contribution in [2.45, 2.75) is 6.92 Å². The molecule has 0 radical (unpaired) electrons. The summed E-state index contributed by atoms with van der Waals surface area (Å²) in [6, 6.07) is 10.4. The van der Waals surface area contributed by atoms with Crippen molar-refractivity contribution in [3.05, 3.63) is 58.1 Å². The van der Waals surface area contributed by atoms with E-state index in [1.165, 1.54) is 42.5 Å². The van der Waals surface area contributed by atoms with Crippen molar-refractivity contribution >= 4 is 52.4 Å². The van der Waals surface area contributed by atoms with Gasteiger partial charge < -0.3 is 15.4 Å². The highest BCUT2D eigenvalue weighted by molar-refractivity contribution is 6.44. The lowest BCUT2D eigenvalue weighted by atomic mass is 10.2. The van der Waals surface area contributed by atoms with Gasteiger partial charge in [0, 0.05) is 21.4 Å². The Morgan fingerprint density at radius 2 is 1.40 bits per heavy atom. The zero-order valence-corrected chi connectivity index (χ0v) is 14.6. The number of nitrogens with one attached hydrogen (secondary N) is 2. The summed E-state index contributed by atoms with van der Waals surface area (Å²) in [6.07, 6.45) is 0. The van der Waals surface area contributed by atoms with Gasteiger partial charge in [-0.15, -0.1) is 0 Å². The molecule has 2 N–H and O–H groups in total. The van der Waals surface area contributed by atoms with Crippen LogP contribution in [0.25, 0.3) is 0 Å². The molecule has 6 nitrogen and oxygen atoms in total. The quantitative estimate of drug-likeness (QED) is 0.624. The zero-order chi connectivity index (χ0) is 18.4. The summed E-state index contributed by atoms with van der Waals surface area (Å²) in [7, 11) is 0. The molecular weight excluding hydrogens is 367 g/mol. The molecule has 0 fully saturated rings. The fraction of sp³-hybridized carbons (Fsp3) is 0.118. The van der Waals surface area contributed by atoms with Gasteiger partial charge in [-0.05, 0) is 49.4 Å². The Kier molecular flexibility index (Phi) is 6.38. The SMILES string of the molecule is CCOC(=O)c1ccc(NC(=O)C(=O)Nc2cc(Cl)cc(Cl)c2)cc1. The first-order valence-electron chi connectivity index (χ1n) is 7.24. The second-order valence-electron chi connectivity index (χ2n) is 4.86. The molecule has 0 spiro atoms.